The summed E-state index contributed by atoms with van der Waals surface area (Å²) in [5.74, 6) is -0.566. The second-order valence-corrected chi connectivity index (χ2v) is 10.9. The Kier molecular flexibility index (Phi) is 7.34. The van der Waals surface area contributed by atoms with E-state index in [1.54, 1.807) is 6.07 Å². The first-order chi connectivity index (χ1) is 19.4. The van der Waals surface area contributed by atoms with E-state index in [9.17, 15) is 18.8 Å². The van der Waals surface area contributed by atoms with Gasteiger partial charge in [0.25, 0.3) is 5.91 Å². The molecule has 3 aliphatic rings. The number of rotatable bonds is 7. The van der Waals surface area contributed by atoms with E-state index in [1.807, 2.05) is 42.5 Å². The van der Waals surface area contributed by atoms with Crippen molar-refractivity contribution in [2.75, 3.05) is 13.1 Å². The number of imide groups is 1. The van der Waals surface area contributed by atoms with Crippen LogP contribution in [0.1, 0.15) is 64.2 Å². The molecule has 2 saturated heterocycles. The van der Waals surface area contributed by atoms with Crippen LogP contribution in [0.4, 0.5) is 4.39 Å². The largest absolute Gasteiger partial charge is 0.489 e. The van der Waals surface area contributed by atoms with E-state index in [0.29, 0.717) is 18.6 Å². The predicted octanol–water partition coefficient (Wildman–Crippen LogP) is 4.55. The molecule has 6 rings (SSSR count). The summed E-state index contributed by atoms with van der Waals surface area (Å²) >= 11 is 0. The third kappa shape index (κ3) is 5.49. The first-order valence-electron chi connectivity index (χ1n) is 13.9. The normalized spacial score (nSPS) is 20.0. The van der Waals surface area contributed by atoms with Gasteiger partial charge in [-0.1, -0.05) is 42.5 Å². The summed E-state index contributed by atoms with van der Waals surface area (Å²) < 4.78 is 20.7. The number of ether oxygens (including phenoxy) is 1. The van der Waals surface area contributed by atoms with E-state index < -0.39 is 17.8 Å². The summed E-state index contributed by atoms with van der Waals surface area (Å²) in [7, 11) is 0. The van der Waals surface area contributed by atoms with Crippen LogP contribution in [0.15, 0.2) is 66.7 Å². The molecule has 8 heteroatoms. The number of nitrogens with zero attached hydrogens (tertiary/aromatic N) is 2. The number of carbonyl (C=O) groups is 3. The average molecular weight is 542 g/mol. The van der Waals surface area contributed by atoms with Crippen LogP contribution < -0.4 is 10.1 Å². The van der Waals surface area contributed by atoms with Crippen molar-refractivity contribution in [1.29, 1.82) is 0 Å². The fraction of sp³-hybridized carbons (Fsp3) is 0.344. The van der Waals surface area contributed by atoms with Gasteiger partial charge >= 0.3 is 0 Å². The molecule has 0 bridgehead atoms. The zero-order valence-electron chi connectivity index (χ0n) is 22.3. The van der Waals surface area contributed by atoms with Crippen molar-refractivity contribution in [2.24, 2.45) is 0 Å². The Morgan fingerprint density at radius 1 is 0.900 bits per heavy atom. The summed E-state index contributed by atoms with van der Waals surface area (Å²) in [5, 5.41) is 2.33. The fourth-order valence-electron chi connectivity index (χ4n) is 6.15. The lowest BCUT2D eigenvalue weighted by molar-refractivity contribution is -0.136. The van der Waals surface area contributed by atoms with E-state index in [4.69, 9.17) is 4.74 Å². The Hall–Kier alpha value is -4.04. The Labute approximate surface area is 232 Å². The molecular formula is C32H32FN3O4. The van der Waals surface area contributed by atoms with Gasteiger partial charge in [0.2, 0.25) is 11.8 Å². The number of hydrogen-bond acceptors (Lipinski definition) is 5. The molecule has 1 atom stereocenters. The van der Waals surface area contributed by atoms with Gasteiger partial charge in [0.1, 0.15) is 24.2 Å². The molecule has 0 radical (unpaired) electrons. The van der Waals surface area contributed by atoms with Crippen LogP contribution in [0.3, 0.4) is 0 Å². The van der Waals surface area contributed by atoms with Crippen LogP contribution >= 0.6 is 0 Å². The number of likely N-dealkylation sites (tertiary alicyclic amines) is 1. The molecule has 0 aromatic heterocycles. The Morgan fingerprint density at radius 2 is 1.68 bits per heavy atom. The standard InChI is InChI=1S/C32H32FN3O4/c33-24-16-26(28-19-36(32(39)27(28)17-24)29-9-10-30(37)34-31(29)38)23-11-13-35(14-12-23)18-22-7-4-8-25(15-22)40-20-21-5-2-1-3-6-21/h1-8,15-17,23,29H,9-14,18-20H2,(H,34,37,38). The van der Waals surface area contributed by atoms with Crippen molar-refractivity contribution in [2.45, 2.75) is 57.3 Å². The molecule has 3 aromatic rings. The number of hydrogen-bond donors (Lipinski definition) is 1. The third-order valence-electron chi connectivity index (χ3n) is 8.24. The Bertz CT molecular complexity index is 1440. The maximum atomic E-state index is 14.7. The summed E-state index contributed by atoms with van der Waals surface area (Å²) in [6, 6.07) is 20.4. The molecule has 2 fully saturated rings. The molecule has 0 saturated carbocycles. The van der Waals surface area contributed by atoms with Gasteiger partial charge in [0, 0.05) is 25.1 Å². The lowest BCUT2D eigenvalue weighted by Gasteiger charge is -2.33. The van der Waals surface area contributed by atoms with Crippen LogP contribution in [0.2, 0.25) is 0 Å². The lowest BCUT2D eigenvalue weighted by atomic mass is 9.85. The molecule has 206 valence electrons. The van der Waals surface area contributed by atoms with Gasteiger partial charge in [-0.3, -0.25) is 24.6 Å². The lowest BCUT2D eigenvalue weighted by Crippen LogP contribution is -2.52. The van der Waals surface area contributed by atoms with E-state index in [0.717, 1.165) is 54.9 Å². The summed E-state index contributed by atoms with van der Waals surface area (Å²) in [6.45, 7) is 3.31. The molecule has 0 aliphatic carbocycles. The van der Waals surface area contributed by atoms with Crippen LogP contribution in [0.25, 0.3) is 0 Å². The number of nitrogens with one attached hydrogen (secondary N) is 1. The molecule has 3 aliphatic heterocycles. The molecular weight excluding hydrogens is 509 g/mol. The van der Waals surface area contributed by atoms with Gasteiger partial charge in [-0.15, -0.1) is 0 Å². The highest BCUT2D eigenvalue weighted by Crippen LogP contribution is 2.38. The maximum Gasteiger partial charge on any atom is 0.255 e. The van der Waals surface area contributed by atoms with Crippen molar-refractivity contribution in [3.05, 3.63) is 100 Å². The van der Waals surface area contributed by atoms with Crippen molar-refractivity contribution in [3.63, 3.8) is 0 Å². The van der Waals surface area contributed by atoms with Gasteiger partial charge in [0.15, 0.2) is 0 Å². The van der Waals surface area contributed by atoms with Crippen molar-refractivity contribution < 1.29 is 23.5 Å². The molecule has 3 amide bonds. The molecule has 1 N–H and O–H groups in total. The van der Waals surface area contributed by atoms with Crippen LogP contribution in [0.5, 0.6) is 5.75 Å². The summed E-state index contributed by atoms with van der Waals surface area (Å²) in [5.41, 5.74) is 4.34. The van der Waals surface area contributed by atoms with Crippen LogP contribution in [-0.4, -0.2) is 46.7 Å². The summed E-state index contributed by atoms with van der Waals surface area (Å²) in [4.78, 5) is 41.1. The number of fused-ring (bicyclic) bond motifs is 1. The number of benzene rings is 3. The minimum absolute atomic E-state index is 0.135. The van der Waals surface area contributed by atoms with E-state index >= 15 is 0 Å². The zero-order chi connectivity index (χ0) is 27.6. The molecule has 3 heterocycles. The minimum atomic E-state index is -0.706. The first kappa shape index (κ1) is 26.2. The predicted molar refractivity (Wildman–Crippen MR) is 147 cm³/mol. The van der Waals surface area contributed by atoms with Crippen molar-refractivity contribution >= 4 is 17.7 Å². The average Bonchev–Trinajstić information content (AvgIpc) is 3.28. The van der Waals surface area contributed by atoms with Gasteiger partial charge in [0.05, 0.1) is 0 Å². The number of piperidine rings is 2. The van der Waals surface area contributed by atoms with Gasteiger partial charge < -0.3 is 9.64 Å². The first-order valence-corrected chi connectivity index (χ1v) is 13.9. The number of halogens is 1. The molecule has 1 unspecified atom stereocenters. The fourth-order valence-corrected chi connectivity index (χ4v) is 6.15. The molecule has 0 spiro atoms. The quantitative estimate of drug-likeness (QED) is 0.444. The second kappa shape index (κ2) is 11.2. The maximum absolute atomic E-state index is 14.7. The topological polar surface area (TPSA) is 79.0 Å². The van der Waals surface area contributed by atoms with Gasteiger partial charge in [-0.2, -0.15) is 0 Å². The number of carbonyl (C=O) groups excluding carboxylic acids is 3. The van der Waals surface area contributed by atoms with E-state index in [-0.39, 0.29) is 30.7 Å². The van der Waals surface area contributed by atoms with Crippen molar-refractivity contribution in [1.82, 2.24) is 15.1 Å². The van der Waals surface area contributed by atoms with Crippen molar-refractivity contribution in [3.8, 4) is 5.75 Å². The molecule has 7 nitrogen and oxygen atoms in total. The third-order valence-corrected chi connectivity index (χ3v) is 8.24. The highest BCUT2D eigenvalue weighted by Gasteiger charge is 2.41. The smallest absolute Gasteiger partial charge is 0.255 e. The zero-order valence-corrected chi connectivity index (χ0v) is 22.3. The Morgan fingerprint density at radius 3 is 2.45 bits per heavy atom. The monoisotopic (exact) mass is 541 g/mol. The highest BCUT2D eigenvalue weighted by atomic mass is 19.1. The summed E-state index contributed by atoms with van der Waals surface area (Å²) in [6.07, 6.45) is 2.19. The van der Waals surface area contributed by atoms with Crippen LogP contribution in [-0.2, 0) is 29.3 Å². The highest BCUT2D eigenvalue weighted by molar-refractivity contribution is 6.05. The van der Waals surface area contributed by atoms with Gasteiger partial charge in [-0.05, 0) is 84.8 Å². The van der Waals surface area contributed by atoms with E-state index in [2.05, 4.69) is 22.3 Å². The van der Waals surface area contributed by atoms with E-state index in [1.165, 1.54) is 16.5 Å². The second-order valence-electron chi connectivity index (χ2n) is 10.9. The number of amides is 3. The SMILES string of the molecule is O=C1CCC(N2Cc3c(cc(F)cc3C3CCN(Cc4cccc(OCc5ccccc5)c4)CC3)C2=O)C(=O)N1. The van der Waals surface area contributed by atoms with Crippen LogP contribution in [0, 0.1) is 5.82 Å². The molecule has 40 heavy (non-hydrogen) atoms. The Balaban J connectivity index is 1.09. The molecule has 3 aromatic carbocycles. The van der Waals surface area contributed by atoms with Gasteiger partial charge in [-0.25, -0.2) is 4.39 Å². The minimum Gasteiger partial charge on any atom is -0.489 e.